The molecule has 3 aromatic rings. The van der Waals surface area contributed by atoms with Crippen LogP contribution in [0.3, 0.4) is 0 Å². The van der Waals surface area contributed by atoms with Gasteiger partial charge < -0.3 is 9.64 Å². The van der Waals surface area contributed by atoms with E-state index in [-0.39, 0.29) is 35.7 Å². The van der Waals surface area contributed by atoms with E-state index in [1.165, 1.54) is 33.4 Å². The molecule has 218 valence electrons. The van der Waals surface area contributed by atoms with E-state index in [2.05, 4.69) is 15.9 Å². The number of nitrogens with zero attached hydrogens (tertiary/aromatic N) is 3. The molecule has 3 aliphatic heterocycles. The minimum absolute atomic E-state index is 0.0940. The zero-order valence-corrected chi connectivity index (χ0v) is 26.0. The number of halogens is 1. The van der Waals surface area contributed by atoms with Gasteiger partial charge in [-0.3, -0.25) is 23.7 Å². The van der Waals surface area contributed by atoms with Gasteiger partial charge in [-0.2, -0.15) is 0 Å². The minimum atomic E-state index is -0.784. The Balaban J connectivity index is 1.38. The number of hydrogen-bond acceptors (Lipinski definition) is 8. The molecule has 42 heavy (non-hydrogen) atoms. The van der Waals surface area contributed by atoms with Crippen molar-refractivity contribution in [1.29, 1.82) is 0 Å². The van der Waals surface area contributed by atoms with Gasteiger partial charge in [-0.15, -0.1) is 0 Å². The second-order valence-corrected chi connectivity index (χ2v) is 13.5. The summed E-state index contributed by atoms with van der Waals surface area (Å²) in [4.78, 5) is 70.0. The summed E-state index contributed by atoms with van der Waals surface area (Å²) < 4.78 is 7.40. The third-order valence-electron chi connectivity index (χ3n) is 7.92. The van der Waals surface area contributed by atoms with E-state index >= 15 is 0 Å². The predicted molar refractivity (Wildman–Crippen MR) is 163 cm³/mol. The number of ether oxygens (including phenoxy) is 1. The Morgan fingerprint density at radius 3 is 2.31 bits per heavy atom. The largest absolute Gasteiger partial charge is 0.462 e. The van der Waals surface area contributed by atoms with Gasteiger partial charge >= 0.3 is 10.8 Å². The number of esters is 1. The topological polar surface area (TPSA) is 106 Å². The lowest BCUT2D eigenvalue weighted by molar-refractivity contribution is -0.133. The van der Waals surface area contributed by atoms with Crippen molar-refractivity contribution in [2.45, 2.75) is 48.9 Å². The molecule has 3 aliphatic rings. The van der Waals surface area contributed by atoms with Crippen LogP contribution in [0.2, 0.25) is 0 Å². The molecule has 3 amide bonds. The van der Waals surface area contributed by atoms with E-state index in [1.807, 2.05) is 24.3 Å². The number of piperidine rings is 1. The van der Waals surface area contributed by atoms with Crippen LogP contribution in [0.25, 0.3) is 0 Å². The number of carbonyl (C=O) groups is 4. The molecule has 2 saturated heterocycles. The van der Waals surface area contributed by atoms with E-state index in [9.17, 15) is 24.0 Å². The van der Waals surface area contributed by atoms with Gasteiger partial charge in [0.2, 0.25) is 17.7 Å². The molecule has 1 aromatic heterocycles. The summed E-state index contributed by atoms with van der Waals surface area (Å²) in [5, 5.41) is -0.209. The Hall–Kier alpha value is -3.22. The molecule has 0 radical (unpaired) electrons. The number of fused-ring (bicyclic) bond motifs is 2. The number of thioether (sulfide) groups is 1. The van der Waals surface area contributed by atoms with Crippen molar-refractivity contribution in [3.8, 4) is 0 Å². The second kappa shape index (κ2) is 11.8. The van der Waals surface area contributed by atoms with Gasteiger partial charge in [0.15, 0.2) is 0 Å². The average molecular weight is 671 g/mol. The number of thiazole rings is 1. The maximum absolute atomic E-state index is 14.1. The molecule has 3 atom stereocenters. The molecule has 2 aromatic carbocycles. The molecule has 0 unspecified atom stereocenters. The number of rotatable bonds is 6. The van der Waals surface area contributed by atoms with Crippen LogP contribution in [0.1, 0.15) is 52.9 Å². The van der Waals surface area contributed by atoms with Crippen LogP contribution in [-0.4, -0.2) is 58.1 Å². The summed E-state index contributed by atoms with van der Waals surface area (Å²) in [6, 6.07) is 13.8. The number of likely N-dealkylation sites (tertiary alicyclic amines) is 1. The smallest absolute Gasteiger partial charge is 0.338 e. The third kappa shape index (κ3) is 5.13. The summed E-state index contributed by atoms with van der Waals surface area (Å²) in [6.45, 7) is 3.22. The molecule has 0 N–H and O–H groups in total. The number of carbonyl (C=O) groups excluding carboxylic acids is 4. The van der Waals surface area contributed by atoms with Crippen molar-refractivity contribution >= 4 is 68.4 Å². The first-order valence-corrected chi connectivity index (χ1v) is 16.4. The molecule has 12 heteroatoms. The zero-order valence-electron chi connectivity index (χ0n) is 22.8. The Labute approximate surface area is 259 Å². The molecular weight excluding hydrogens is 642 g/mol. The standard InChI is InChI=1S/C30H28BrN3O6S2/c1-2-40-29(38)18-8-12-20(13-9-18)34-26(36)23-22(17-6-10-19(31)11-7-17)25-28(41-24(23)27(34)37)33(30(39)42-25)16-21(35)32-14-4-3-5-15-32/h6-13,22-24H,2-5,14-16H2,1H3/t22-,23-,24+/m0/s1. The van der Waals surface area contributed by atoms with Crippen LogP contribution in [0, 0.1) is 5.92 Å². The second-order valence-electron chi connectivity index (χ2n) is 10.4. The fraction of sp³-hybridized carbons (Fsp3) is 0.367. The average Bonchev–Trinajstić information content (AvgIpc) is 3.44. The highest BCUT2D eigenvalue weighted by atomic mass is 79.9. The summed E-state index contributed by atoms with van der Waals surface area (Å²) in [7, 11) is 0. The first-order valence-electron chi connectivity index (χ1n) is 13.9. The van der Waals surface area contributed by atoms with Crippen molar-refractivity contribution in [2.75, 3.05) is 24.6 Å². The quantitative estimate of drug-likeness (QED) is 0.278. The lowest BCUT2D eigenvalue weighted by Gasteiger charge is -2.31. The van der Waals surface area contributed by atoms with Gasteiger partial charge in [0.05, 0.1) is 28.8 Å². The van der Waals surface area contributed by atoms with Crippen LogP contribution in [0.15, 0.2) is 62.8 Å². The van der Waals surface area contributed by atoms with Crippen molar-refractivity contribution in [3.05, 3.63) is 78.7 Å². The van der Waals surface area contributed by atoms with Crippen LogP contribution < -0.4 is 9.77 Å². The fourth-order valence-electron chi connectivity index (χ4n) is 5.88. The van der Waals surface area contributed by atoms with Gasteiger partial charge in [0.1, 0.15) is 11.8 Å². The van der Waals surface area contributed by atoms with E-state index in [0.29, 0.717) is 34.2 Å². The molecule has 2 fully saturated rings. The number of benzene rings is 2. The van der Waals surface area contributed by atoms with Crippen LogP contribution >= 0.6 is 39.0 Å². The van der Waals surface area contributed by atoms with Gasteiger partial charge in [-0.1, -0.05) is 51.2 Å². The molecule has 4 heterocycles. The molecule has 0 spiro atoms. The summed E-state index contributed by atoms with van der Waals surface area (Å²) in [5.41, 5.74) is 1.50. The van der Waals surface area contributed by atoms with Crippen LogP contribution in [0.5, 0.6) is 0 Å². The Kier molecular flexibility index (Phi) is 8.12. The first kappa shape index (κ1) is 28.9. The van der Waals surface area contributed by atoms with E-state index < -0.39 is 23.1 Å². The van der Waals surface area contributed by atoms with Gasteiger partial charge in [-0.25, -0.2) is 9.69 Å². The van der Waals surface area contributed by atoms with Crippen LogP contribution in [0.4, 0.5) is 5.69 Å². The fourth-order valence-corrected chi connectivity index (χ4v) is 8.92. The van der Waals surface area contributed by atoms with Crippen molar-refractivity contribution in [2.24, 2.45) is 5.92 Å². The lowest BCUT2D eigenvalue weighted by atomic mass is 9.83. The molecule has 9 nitrogen and oxygen atoms in total. The first-order chi connectivity index (χ1) is 20.3. The predicted octanol–water partition coefficient (Wildman–Crippen LogP) is 4.66. The zero-order chi connectivity index (χ0) is 29.5. The molecular formula is C30H28BrN3O6S2. The monoisotopic (exact) mass is 669 g/mol. The van der Waals surface area contributed by atoms with Gasteiger partial charge in [-0.05, 0) is 68.1 Å². The SMILES string of the molecule is CCOC(=O)c1ccc(N2C(=O)[C@H]3[C@H](c4ccc(Br)cc4)c4sc(=O)n(CC(=O)N5CCCCC5)c4S[C@H]3C2=O)cc1. The number of anilines is 1. The Morgan fingerprint density at radius 2 is 1.64 bits per heavy atom. The Morgan fingerprint density at radius 1 is 0.952 bits per heavy atom. The maximum Gasteiger partial charge on any atom is 0.338 e. The van der Waals surface area contributed by atoms with E-state index in [0.717, 1.165) is 40.6 Å². The van der Waals surface area contributed by atoms with Crippen molar-refractivity contribution < 1.29 is 23.9 Å². The molecule has 0 bridgehead atoms. The van der Waals surface area contributed by atoms with E-state index in [4.69, 9.17) is 4.74 Å². The number of amides is 3. The maximum atomic E-state index is 14.1. The summed E-state index contributed by atoms with van der Waals surface area (Å²) >= 11 is 5.71. The van der Waals surface area contributed by atoms with Crippen molar-refractivity contribution in [3.63, 3.8) is 0 Å². The van der Waals surface area contributed by atoms with E-state index in [1.54, 1.807) is 24.0 Å². The van der Waals surface area contributed by atoms with Gasteiger partial charge in [0.25, 0.3) is 0 Å². The lowest BCUT2D eigenvalue weighted by Crippen LogP contribution is -2.39. The highest BCUT2D eigenvalue weighted by molar-refractivity contribution is 9.10. The molecule has 0 aliphatic carbocycles. The molecule has 0 saturated carbocycles. The number of hydrogen-bond donors (Lipinski definition) is 0. The molecule has 6 rings (SSSR count). The van der Waals surface area contributed by atoms with Crippen LogP contribution in [-0.2, 0) is 25.7 Å². The summed E-state index contributed by atoms with van der Waals surface area (Å²) in [6.07, 6.45) is 2.98. The summed E-state index contributed by atoms with van der Waals surface area (Å²) in [5.74, 6) is -2.63. The minimum Gasteiger partial charge on any atom is -0.462 e. The number of imide groups is 1. The normalized spacial score (nSPS) is 21.7. The van der Waals surface area contributed by atoms with Crippen molar-refractivity contribution in [1.82, 2.24) is 9.47 Å². The third-order valence-corrected chi connectivity index (χ3v) is 11.0. The highest BCUT2D eigenvalue weighted by Gasteiger charge is 2.56. The Bertz CT molecular complexity index is 1610. The van der Waals surface area contributed by atoms with Gasteiger partial charge in [0, 0.05) is 28.4 Å². The number of aromatic nitrogens is 1. The highest BCUT2D eigenvalue weighted by Crippen LogP contribution is 2.54.